The van der Waals surface area contributed by atoms with E-state index >= 15 is 0 Å². The number of hydrogen-bond donors (Lipinski definition) is 2. The summed E-state index contributed by atoms with van der Waals surface area (Å²) in [5.41, 5.74) is 12.7. The molecule has 0 saturated carbocycles. The van der Waals surface area contributed by atoms with Crippen LogP contribution in [0.1, 0.15) is 18.4 Å². The van der Waals surface area contributed by atoms with Crippen molar-refractivity contribution in [3.05, 3.63) is 29.8 Å². The average molecular weight is 194 g/mol. The van der Waals surface area contributed by atoms with E-state index in [1.54, 1.807) is 7.11 Å². The van der Waals surface area contributed by atoms with E-state index in [1.807, 2.05) is 31.2 Å². The van der Waals surface area contributed by atoms with E-state index in [2.05, 4.69) is 0 Å². The highest BCUT2D eigenvalue weighted by Crippen LogP contribution is 2.27. The topological polar surface area (TPSA) is 61.3 Å². The Morgan fingerprint density at radius 3 is 2.50 bits per heavy atom. The van der Waals surface area contributed by atoms with E-state index in [0.29, 0.717) is 6.54 Å². The average Bonchev–Trinajstić information content (AvgIpc) is 2.19. The van der Waals surface area contributed by atoms with Crippen molar-refractivity contribution in [2.45, 2.75) is 18.9 Å². The number of rotatable bonds is 4. The third kappa shape index (κ3) is 2.25. The maximum atomic E-state index is 5.87. The molecule has 0 aliphatic rings. The molecule has 4 N–H and O–H groups in total. The van der Waals surface area contributed by atoms with E-state index < -0.39 is 0 Å². The lowest BCUT2D eigenvalue weighted by Gasteiger charge is -2.21. The van der Waals surface area contributed by atoms with Crippen LogP contribution in [-0.2, 0) is 0 Å². The Labute approximate surface area is 85.0 Å². The SMILES string of the molecule is COc1ccccc1C(CN)C(C)N. The summed E-state index contributed by atoms with van der Waals surface area (Å²) in [5, 5.41) is 0. The summed E-state index contributed by atoms with van der Waals surface area (Å²) < 4.78 is 5.27. The van der Waals surface area contributed by atoms with Gasteiger partial charge >= 0.3 is 0 Å². The van der Waals surface area contributed by atoms with Gasteiger partial charge in [-0.1, -0.05) is 18.2 Å². The molecule has 3 heteroatoms. The smallest absolute Gasteiger partial charge is 0.122 e. The van der Waals surface area contributed by atoms with Gasteiger partial charge in [0.05, 0.1) is 7.11 Å². The molecule has 0 aromatic heterocycles. The Morgan fingerprint density at radius 1 is 1.36 bits per heavy atom. The third-order valence-corrected chi connectivity index (χ3v) is 2.43. The van der Waals surface area contributed by atoms with Gasteiger partial charge < -0.3 is 16.2 Å². The zero-order valence-corrected chi connectivity index (χ0v) is 8.73. The molecule has 1 aromatic rings. The zero-order valence-electron chi connectivity index (χ0n) is 8.73. The first-order valence-corrected chi connectivity index (χ1v) is 4.79. The van der Waals surface area contributed by atoms with Crippen molar-refractivity contribution in [3.63, 3.8) is 0 Å². The molecule has 0 aliphatic heterocycles. The van der Waals surface area contributed by atoms with Gasteiger partial charge in [0.2, 0.25) is 0 Å². The van der Waals surface area contributed by atoms with Crippen molar-refractivity contribution >= 4 is 0 Å². The van der Waals surface area contributed by atoms with Crippen LogP contribution < -0.4 is 16.2 Å². The first-order chi connectivity index (χ1) is 6.70. The fraction of sp³-hybridized carbons (Fsp3) is 0.455. The Balaban J connectivity index is 3.02. The molecular weight excluding hydrogens is 176 g/mol. The molecule has 0 bridgehead atoms. The number of para-hydroxylation sites is 1. The van der Waals surface area contributed by atoms with Gasteiger partial charge in [0.1, 0.15) is 5.75 Å². The summed E-state index contributed by atoms with van der Waals surface area (Å²) in [6.07, 6.45) is 0. The number of hydrogen-bond acceptors (Lipinski definition) is 3. The van der Waals surface area contributed by atoms with Crippen LogP contribution in [0.5, 0.6) is 5.75 Å². The van der Waals surface area contributed by atoms with Crippen LogP contribution in [0.3, 0.4) is 0 Å². The standard InChI is InChI=1S/C11H18N2O/c1-8(13)10(7-12)9-5-3-4-6-11(9)14-2/h3-6,8,10H,7,12-13H2,1-2H3. The van der Waals surface area contributed by atoms with Crippen LogP contribution in [0.25, 0.3) is 0 Å². The predicted octanol–water partition coefficient (Wildman–Crippen LogP) is 1.08. The molecule has 3 nitrogen and oxygen atoms in total. The maximum absolute atomic E-state index is 5.87. The fourth-order valence-corrected chi connectivity index (χ4v) is 1.60. The predicted molar refractivity (Wildman–Crippen MR) is 58.4 cm³/mol. The highest BCUT2D eigenvalue weighted by atomic mass is 16.5. The number of nitrogens with two attached hydrogens (primary N) is 2. The molecule has 14 heavy (non-hydrogen) atoms. The van der Waals surface area contributed by atoms with Crippen LogP contribution in [0.15, 0.2) is 24.3 Å². The molecule has 2 unspecified atom stereocenters. The molecule has 0 radical (unpaired) electrons. The van der Waals surface area contributed by atoms with Gasteiger partial charge in [0.15, 0.2) is 0 Å². The number of benzene rings is 1. The van der Waals surface area contributed by atoms with E-state index in [1.165, 1.54) is 0 Å². The summed E-state index contributed by atoms with van der Waals surface area (Å²) in [6, 6.07) is 7.90. The highest BCUT2D eigenvalue weighted by Gasteiger charge is 2.17. The second-order valence-electron chi connectivity index (χ2n) is 3.44. The van der Waals surface area contributed by atoms with Gasteiger partial charge in [0.25, 0.3) is 0 Å². The van der Waals surface area contributed by atoms with Crippen molar-refractivity contribution in [3.8, 4) is 5.75 Å². The summed E-state index contributed by atoms with van der Waals surface area (Å²) in [6.45, 7) is 2.50. The third-order valence-electron chi connectivity index (χ3n) is 2.43. The first kappa shape index (κ1) is 11.0. The molecule has 0 amide bonds. The van der Waals surface area contributed by atoms with Gasteiger partial charge in [-0.05, 0) is 18.6 Å². The second-order valence-corrected chi connectivity index (χ2v) is 3.44. The van der Waals surface area contributed by atoms with E-state index in [0.717, 1.165) is 11.3 Å². The normalized spacial score (nSPS) is 14.9. The van der Waals surface area contributed by atoms with Gasteiger partial charge in [-0.15, -0.1) is 0 Å². The number of ether oxygens (including phenoxy) is 1. The summed E-state index contributed by atoms with van der Waals surface area (Å²) in [5.74, 6) is 1.02. The lowest BCUT2D eigenvalue weighted by atomic mass is 9.92. The molecular formula is C11H18N2O. The molecule has 1 aromatic carbocycles. The van der Waals surface area contributed by atoms with Crippen molar-refractivity contribution in [2.75, 3.05) is 13.7 Å². The fourth-order valence-electron chi connectivity index (χ4n) is 1.60. The molecule has 0 heterocycles. The van der Waals surface area contributed by atoms with Crippen molar-refractivity contribution in [1.82, 2.24) is 0 Å². The van der Waals surface area contributed by atoms with Crippen molar-refractivity contribution in [2.24, 2.45) is 11.5 Å². The van der Waals surface area contributed by atoms with E-state index in [9.17, 15) is 0 Å². The Morgan fingerprint density at radius 2 is 2.00 bits per heavy atom. The van der Waals surface area contributed by atoms with Crippen LogP contribution in [-0.4, -0.2) is 19.7 Å². The van der Waals surface area contributed by atoms with Crippen molar-refractivity contribution < 1.29 is 4.74 Å². The van der Waals surface area contributed by atoms with Gasteiger partial charge in [-0.25, -0.2) is 0 Å². The molecule has 1 rings (SSSR count). The van der Waals surface area contributed by atoms with Crippen LogP contribution >= 0.6 is 0 Å². The molecule has 2 atom stereocenters. The van der Waals surface area contributed by atoms with Gasteiger partial charge in [0, 0.05) is 18.5 Å². The Kier molecular flexibility index (Phi) is 3.92. The summed E-state index contributed by atoms with van der Waals surface area (Å²) in [7, 11) is 1.66. The summed E-state index contributed by atoms with van der Waals surface area (Å²) >= 11 is 0. The molecule has 0 aliphatic carbocycles. The Bertz CT molecular complexity index is 286. The maximum Gasteiger partial charge on any atom is 0.122 e. The van der Waals surface area contributed by atoms with Crippen molar-refractivity contribution in [1.29, 1.82) is 0 Å². The monoisotopic (exact) mass is 194 g/mol. The highest BCUT2D eigenvalue weighted by molar-refractivity contribution is 5.37. The van der Waals surface area contributed by atoms with E-state index in [-0.39, 0.29) is 12.0 Å². The lowest BCUT2D eigenvalue weighted by molar-refractivity contribution is 0.401. The molecule has 0 fully saturated rings. The van der Waals surface area contributed by atoms with Crippen LogP contribution in [0, 0.1) is 0 Å². The molecule has 78 valence electrons. The minimum Gasteiger partial charge on any atom is -0.496 e. The zero-order chi connectivity index (χ0) is 10.6. The minimum absolute atomic E-state index is 0.0382. The van der Waals surface area contributed by atoms with Crippen LogP contribution in [0.2, 0.25) is 0 Å². The van der Waals surface area contributed by atoms with Gasteiger partial charge in [-0.2, -0.15) is 0 Å². The lowest BCUT2D eigenvalue weighted by Crippen LogP contribution is -2.30. The van der Waals surface area contributed by atoms with Gasteiger partial charge in [-0.3, -0.25) is 0 Å². The largest absolute Gasteiger partial charge is 0.496 e. The second kappa shape index (κ2) is 4.98. The molecule has 0 spiro atoms. The quantitative estimate of drug-likeness (QED) is 0.754. The first-order valence-electron chi connectivity index (χ1n) is 4.79. The minimum atomic E-state index is 0.0382. The Hall–Kier alpha value is -1.06. The number of methoxy groups -OCH3 is 1. The van der Waals surface area contributed by atoms with Crippen LogP contribution in [0.4, 0.5) is 0 Å². The van der Waals surface area contributed by atoms with E-state index in [4.69, 9.17) is 16.2 Å². The molecule has 0 saturated heterocycles. The summed E-state index contributed by atoms with van der Waals surface area (Å²) in [4.78, 5) is 0.